The van der Waals surface area contributed by atoms with Crippen LogP contribution in [0.5, 0.6) is 0 Å². The van der Waals surface area contributed by atoms with E-state index in [0.29, 0.717) is 24.7 Å². The summed E-state index contributed by atoms with van der Waals surface area (Å²) in [5.74, 6) is -0.247. The molecule has 2 amide bonds. The normalized spacial score (nSPS) is 25.7. The number of fused-ring (bicyclic) bond motifs is 1. The highest BCUT2D eigenvalue weighted by Gasteiger charge is 2.68. The summed E-state index contributed by atoms with van der Waals surface area (Å²) >= 11 is 0. The summed E-state index contributed by atoms with van der Waals surface area (Å²) in [6.45, 7) is 11.2. The first-order chi connectivity index (χ1) is 21.7. The number of nitrogens with zero attached hydrogens (tertiary/aromatic N) is 2. The third-order valence-corrected chi connectivity index (χ3v) is 10.5. The second kappa shape index (κ2) is 13.2. The van der Waals surface area contributed by atoms with Crippen LogP contribution in [0.25, 0.3) is 10.9 Å². The minimum atomic E-state index is -0.873. The van der Waals surface area contributed by atoms with Gasteiger partial charge < -0.3 is 29.8 Å². The van der Waals surface area contributed by atoms with Crippen LogP contribution in [-0.2, 0) is 32.4 Å². The number of aromatic nitrogens is 1. The zero-order valence-corrected chi connectivity index (χ0v) is 27.7. The molecule has 250 valence electrons. The predicted molar refractivity (Wildman–Crippen MR) is 175 cm³/mol. The quantitative estimate of drug-likeness (QED) is 0.0557. The van der Waals surface area contributed by atoms with Crippen molar-refractivity contribution in [1.82, 2.24) is 25.9 Å². The fourth-order valence-electron chi connectivity index (χ4n) is 8.00. The molecule has 14 heteroatoms. The lowest BCUT2D eigenvalue weighted by Gasteiger charge is -2.64. The first-order valence-corrected chi connectivity index (χ1v) is 16.4. The van der Waals surface area contributed by atoms with Crippen molar-refractivity contribution in [2.45, 2.75) is 96.8 Å². The molecule has 1 aromatic heterocycles. The Morgan fingerprint density at radius 3 is 2.63 bits per heavy atom. The van der Waals surface area contributed by atoms with E-state index in [1.807, 2.05) is 42.1 Å². The lowest BCUT2D eigenvalue weighted by atomic mass is 9.43. The lowest BCUT2D eigenvalue weighted by molar-refractivity contribution is -0.525. The van der Waals surface area contributed by atoms with E-state index in [4.69, 9.17) is 14.7 Å². The van der Waals surface area contributed by atoms with E-state index in [2.05, 4.69) is 50.6 Å². The molecule has 0 spiro atoms. The molecule has 3 aliphatic carbocycles. The van der Waals surface area contributed by atoms with Crippen molar-refractivity contribution in [2.24, 2.45) is 30.2 Å². The molecule has 3 saturated carbocycles. The van der Waals surface area contributed by atoms with Gasteiger partial charge in [-0.25, -0.2) is 10.1 Å². The molecule has 6 rings (SSSR count). The van der Waals surface area contributed by atoms with Crippen molar-refractivity contribution >= 4 is 35.8 Å². The average Bonchev–Trinajstić information content (AvgIpc) is 3.49. The van der Waals surface area contributed by atoms with Crippen LogP contribution in [0.3, 0.4) is 0 Å². The van der Waals surface area contributed by atoms with E-state index in [0.717, 1.165) is 29.3 Å². The van der Waals surface area contributed by atoms with Crippen LogP contribution in [0.4, 0.5) is 0 Å². The molecular weight excluding hydrogens is 589 g/mol. The van der Waals surface area contributed by atoms with Crippen molar-refractivity contribution in [3.05, 3.63) is 46.1 Å². The van der Waals surface area contributed by atoms with E-state index < -0.39 is 35.7 Å². The van der Waals surface area contributed by atoms with Crippen LogP contribution in [0.2, 0.25) is 0 Å². The number of nitrogens with one attached hydrogen (secondary N) is 5. The Bertz CT molecular complexity index is 1480. The van der Waals surface area contributed by atoms with E-state index in [-0.39, 0.29) is 48.6 Å². The molecule has 6 atom stereocenters. The first-order valence-electron chi connectivity index (χ1n) is 16.4. The number of carbonyl (C=O) groups is 2. The number of para-hydroxylation sites is 1. The SMILES string of the molecule is CC(C)C[C@H](NC(=O)[C@H](CCCNC(=N)N[N+](=O)[O-])NC(=O)Cc1cn(C)c2ccccc12)B1O[C@@H]2C[C@@H]3C[C@@H](C3(C)C)[C@]2(C)O1. The number of hydrazine groups is 1. The molecular formula is C32H48BN7O6. The first kappa shape index (κ1) is 33.7. The molecule has 0 unspecified atom stereocenters. The van der Waals surface area contributed by atoms with Crippen molar-refractivity contribution < 1.29 is 23.9 Å². The third kappa shape index (κ3) is 6.87. The monoisotopic (exact) mass is 637 g/mol. The number of hydrogen-bond acceptors (Lipinski definition) is 7. The molecule has 46 heavy (non-hydrogen) atoms. The number of aryl methyl sites for hydroxylation is 1. The van der Waals surface area contributed by atoms with Gasteiger partial charge in [0.2, 0.25) is 11.8 Å². The van der Waals surface area contributed by atoms with Gasteiger partial charge in [0.25, 0.3) is 5.96 Å². The number of guanidine groups is 1. The summed E-state index contributed by atoms with van der Waals surface area (Å²) in [6.07, 6.45) is 5.34. The van der Waals surface area contributed by atoms with Gasteiger partial charge in [0.05, 0.1) is 24.1 Å². The van der Waals surface area contributed by atoms with Crippen LogP contribution in [0.15, 0.2) is 30.5 Å². The smallest absolute Gasteiger partial charge is 0.404 e. The van der Waals surface area contributed by atoms with E-state index in [1.165, 1.54) is 0 Å². The molecule has 1 aliphatic heterocycles. The highest BCUT2D eigenvalue weighted by molar-refractivity contribution is 6.48. The number of benzene rings is 1. The summed E-state index contributed by atoms with van der Waals surface area (Å²) in [7, 11) is 1.33. The van der Waals surface area contributed by atoms with E-state index >= 15 is 0 Å². The number of nitro groups is 1. The molecule has 4 fully saturated rings. The van der Waals surface area contributed by atoms with Crippen molar-refractivity contribution in [3.8, 4) is 0 Å². The van der Waals surface area contributed by atoms with Crippen molar-refractivity contribution in [3.63, 3.8) is 0 Å². The highest BCUT2D eigenvalue weighted by atomic mass is 16.7. The number of rotatable bonds is 13. The van der Waals surface area contributed by atoms with Gasteiger partial charge in [0.15, 0.2) is 5.03 Å². The number of hydrogen-bond donors (Lipinski definition) is 5. The maximum Gasteiger partial charge on any atom is 0.481 e. The number of carbonyl (C=O) groups excluding carboxylic acids is 2. The van der Waals surface area contributed by atoms with Crippen molar-refractivity contribution in [2.75, 3.05) is 6.54 Å². The Morgan fingerprint density at radius 2 is 1.93 bits per heavy atom. The van der Waals surface area contributed by atoms with Crippen LogP contribution < -0.4 is 21.4 Å². The van der Waals surface area contributed by atoms with Crippen LogP contribution in [0, 0.1) is 38.7 Å². The van der Waals surface area contributed by atoms with E-state index in [1.54, 1.807) is 5.43 Å². The minimum absolute atomic E-state index is 0.0220. The second-order valence-electron chi connectivity index (χ2n) is 14.5. The summed E-state index contributed by atoms with van der Waals surface area (Å²) < 4.78 is 15.2. The molecule has 13 nitrogen and oxygen atoms in total. The molecule has 4 aliphatic rings. The summed E-state index contributed by atoms with van der Waals surface area (Å²) in [5, 5.41) is 27.2. The van der Waals surface area contributed by atoms with Gasteiger partial charge in [0.1, 0.15) is 6.04 Å². The van der Waals surface area contributed by atoms with Gasteiger partial charge in [-0.3, -0.25) is 15.0 Å². The predicted octanol–water partition coefficient (Wildman–Crippen LogP) is 3.09. The van der Waals surface area contributed by atoms with Crippen LogP contribution in [-0.4, -0.2) is 64.7 Å². The van der Waals surface area contributed by atoms with Gasteiger partial charge >= 0.3 is 7.12 Å². The fourth-order valence-corrected chi connectivity index (χ4v) is 8.00. The van der Waals surface area contributed by atoms with E-state index in [9.17, 15) is 19.7 Å². The molecule has 5 N–H and O–H groups in total. The molecule has 2 bridgehead atoms. The minimum Gasteiger partial charge on any atom is -0.404 e. The Hall–Kier alpha value is -3.65. The van der Waals surface area contributed by atoms with Crippen molar-refractivity contribution in [1.29, 1.82) is 5.41 Å². The maximum atomic E-state index is 13.9. The largest absolute Gasteiger partial charge is 0.481 e. The number of amides is 2. The Morgan fingerprint density at radius 1 is 1.20 bits per heavy atom. The fraction of sp³-hybridized carbons (Fsp3) is 0.656. The van der Waals surface area contributed by atoms with Gasteiger partial charge in [0, 0.05) is 30.7 Å². The molecule has 1 saturated heterocycles. The zero-order chi connectivity index (χ0) is 33.4. The zero-order valence-electron chi connectivity index (χ0n) is 27.7. The maximum absolute atomic E-state index is 13.9. The Balaban J connectivity index is 1.28. The molecule has 0 radical (unpaired) electrons. The Labute approximate surface area is 270 Å². The molecule has 1 aromatic carbocycles. The van der Waals surface area contributed by atoms with Gasteiger partial charge in [-0.05, 0) is 73.8 Å². The van der Waals surface area contributed by atoms with Gasteiger partial charge in [-0.15, -0.1) is 0 Å². The standard InChI is InChI=1S/C32H48BN7O6/c1-19(2)14-27(33-45-26-17-21-16-25(31(21,3)4)32(26,5)46-33)37-29(42)23(11-9-13-35-30(34)38-40(43)44)36-28(41)15-20-18-39(6)24-12-8-7-10-22(20)24/h7-8,10,12,18-19,21,23,25-27H,9,11,13-17H2,1-6H3,(H,36,41)(H,37,42)(H3,34,35,38)/t21-,23-,25-,26+,27-,32-/m0/s1. The summed E-state index contributed by atoms with van der Waals surface area (Å²) in [4.78, 5) is 38.0. The highest BCUT2D eigenvalue weighted by Crippen LogP contribution is 2.65. The Kier molecular flexibility index (Phi) is 9.69. The molecule has 2 heterocycles. The van der Waals surface area contributed by atoms with Gasteiger partial charge in [-0.2, -0.15) is 0 Å². The summed E-state index contributed by atoms with van der Waals surface area (Å²) in [5.41, 5.74) is 3.41. The van der Waals surface area contributed by atoms with Crippen LogP contribution >= 0.6 is 0 Å². The van der Waals surface area contributed by atoms with Gasteiger partial charge in [-0.1, -0.05) is 51.3 Å². The lowest BCUT2D eigenvalue weighted by Crippen LogP contribution is -2.65. The van der Waals surface area contributed by atoms with Crippen LogP contribution in [0.1, 0.15) is 72.3 Å². The topological polar surface area (TPSA) is 173 Å². The summed E-state index contributed by atoms with van der Waals surface area (Å²) in [6, 6.07) is 6.98. The second-order valence-corrected chi connectivity index (χ2v) is 14.5. The third-order valence-electron chi connectivity index (χ3n) is 10.5. The molecule has 2 aromatic rings. The average molecular weight is 638 g/mol.